The molecular weight excluding hydrogens is 385 g/mol. The van der Waals surface area contributed by atoms with Crippen molar-refractivity contribution in [1.82, 2.24) is 10.2 Å². The van der Waals surface area contributed by atoms with E-state index in [9.17, 15) is 14.0 Å². The number of nitrogens with one attached hydrogen (secondary N) is 1. The third-order valence-corrected chi connectivity index (χ3v) is 4.85. The van der Waals surface area contributed by atoms with Gasteiger partial charge in [0.1, 0.15) is 11.6 Å². The number of nitrogens with zero attached hydrogens (tertiary/aromatic N) is 2. The average Bonchev–Trinajstić information content (AvgIpc) is 2.71. The van der Waals surface area contributed by atoms with Gasteiger partial charge >= 0.3 is 0 Å². The Morgan fingerprint density at radius 3 is 2.57 bits per heavy atom. The Kier molecular flexibility index (Phi) is 6.36. The van der Waals surface area contributed by atoms with Gasteiger partial charge in [-0.15, -0.1) is 0 Å². The molecule has 8 heteroatoms. The van der Waals surface area contributed by atoms with E-state index in [1.807, 2.05) is 24.3 Å². The number of carbonyl (C=O) groups is 2. The van der Waals surface area contributed by atoms with Gasteiger partial charge in [-0.05, 0) is 36.4 Å². The standard InChI is InChI=1S/C20H21ClFN3O3/c1-28-18-6-5-15(22)12-17(18)20(27)23-13-19(26)25-9-7-24(8-10-25)16-4-2-3-14(21)11-16/h2-6,11-12H,7-10,13H2,1H3,(H,23,27). The number of hydrogen-bond donors (Lipinski definition) is 1. The number of piperazine rings is 1. The van der Waals surface area contributed by atoms with E-state index in [4.69, 9.17) is 16.3 Å². The summed E-state index contributed by atoms with van der Waals surface area (Å²) in [5, 5.41) is 3.21. The fraction of sp³-hybridized carbons (Fsp3) is 0.300. The first-order valence-corrected chi connectivity index (χ1v) is 9.26. The number of anilines is 1. The highest BCUT2D eigenvalue weighted by atomic mass is 35.5. The topological polar surface area (TPSA) is 61.9 Å². The summed E-state index contributed by atoms with van der Waals surface area (Å²) in [4.78, 5) is 28.6. The largest absolute Gasteiger partial charge is 0.496 e. The molecule has 2 aromatic carbocycles. The van der Waals surface area contributed by atoms with Crippen LogP contribution in [0.1, 0.15) is 10.4 Å². The van der Waals surface area contributed by atoms with Crippen LogP contribution in [0.25, 0.3) is 0 Å². The highest BCUT2D eigenvalue weighted by Crippen LogP contribution is 2.21. The summed E-state index contributed by atoms with van der Waals surface area (Å²) >= 11 is 6.03. The van der Waals surface area contributed by atoms with E-state index in [1.165, 1.54) is 19.2 Å². The summed E-state index contributed by atoms with van der Waals surface area (Å²) in [5.41, 5.74) is 1.08. The molecule has 28 heavy (non-hydrogen) atoms. The number of ether oxygens (including phenoxy) is 1. The Morgan fingerprint density at radius 2 is 1.89 bits per heavy atom. The van der Waals surface area contributed by atoms with E-state index in [0.717, 1.165) is 11.8 Å². The zero-order valence-corrected chi connectivity index (χ0v) is 16.2. The van der Waals surface area contributed by atoms with Crippen molar-refractivity contribution < 1.29 is 18.7 Å². The van der Waals surface area contributed by atoms with Crippen molar-refractivity contribution in [3.63, 3.8) is 0 Å². The van der Waals surface area contributed by atoms with Crippen molar-refractivity contribution >= 4 is 29.1 Å². The van der Waals surface area contributed by atoms with Gasteiger partial charge in [-0.25, -0.2) is 4.39 Å². The maximum atomic E-state index is 13.4. The molecule has 1 saturated heterocycles. The monoisotopic (exact) mass is 405 g/mol. The molecular formula is C20H21ClFN3O3. The normalized spacial score (nSPS) is 14.0. The number of rotatable bonds is 5. The van der Waals surface area contributed by atoms with Gasteiger partial charge in [0.25, 0.3) is 5.91 Å². The molecule has 0 unspecified atom stereocenters. The quantitative estimate of drug-likeness (QED) is 0.830. The first kappa shape index (κ1) is 19.9. The number of amides is 2. The van der Waals surface area contributed by atoms with Crippen molar-refractivity contribution in [2.75, 3.05) is 44.7 Å². The molecule has 0 radical (unpaired) electrons. The first-order valence-electron chi connectivity index (χ1n) is 8.88. The van der Waals surface area contributed by atoms with Crippen LogP contribution in [0.15, 0.2) is 42.5 Å². The fourth-order valence-electron chi connectivity index (χ4n) is 3.11. The number of methoxy groups -OCH3 is 1. The van der Waals surface area contributed by atoms with Crippen molar-refractivity contribution in [3.8, 4) is 5.75 Å². The molecule has 0 bridgehead atoms. The number of carbonyl (C=O) groups excluding carboxylic acids is 2. The first-order chi connectivity index (χ1) is 13.5. The van der Waals surface area contributed by atoms with Crippen LogP contribution in [0.2, 0.25) is 5.02 Å². The van der Waals surface area contributed by atoms with Crippen LogP contribution >= 0.6 is 11.6 Å². The Balaban J connectivity index is 1.52. The Morgan fingerprint density at radius 1 is 1.14 bits per heavy atom. The van der Waals surface area contributed by atoms with Gasteiger partial charge in [-0.1, -0.05) is 17.7 Å². The summed E-state index contributed by atoms with van der Waals surface area (Å²) in [7, 11) is 1.40. The van der Waals surface area contributed by atoms with Gasteiger partial charge < -0.3 is 19.9 Å². The minimum atomic E-state index is -0.553. The maximum absolute atomic E-state index is 13.4. The minimum absolute atomic E-state index is 0.0566. The van der Waals surface area contributed by atoms with Crippen LogP contribution in [0.5, 0.6) is 5.75 Å². The summed E-state index contributed by atoms with van der Waals surface area (Å²) in [6.07, 6.45) is 0. The second-order valence-corrected chi connectivity index (χ2v) is 6.81. The van der Waals surface area contributed by atoms with E-state index in [-0.39, 0.29) is 23.8 Å². The maximum Gasteiger partial charge on any atom is 0.255 e. The third-order valence-electron chi connectivity index (χ3n) is 4.61. The van der Waals surface area contributed by atoms with E-state index in [1.54, 1.807) is 4.90 Å². The van der Waals surface area contributed by atoms with Crippen molar-refractivity contribution in [2.45, 2.75) is 0 Å². The predicted molar refractivity (Wildman–Crippen MR) is 106 cm³/mol. The molecule has 1 aliphatic rings. The van der Waals surface area contributed by atoms with Crippen LogP contribution in [0.3, 0.4) is 0 Å². The van der Waals surface area contributed by atoms with Gasteiger partial charge in [0.15, 0.2) is 0 Å². The molecule has 1 heterocycles. The molecule has 1 N–H and O–H groups in total. The van der Waals surface area contributed by atoms with Crippen molar-refractivity contribution in [2.24, 2.45) is 0 Å². The smallest absolute Gasteiger partial charge is 0.255 e. The zero-order valence-electron chi connectivity index (χ0n) is 15.5. The summed E-state index contributed by atoms with van der Waals surface area (Å²) in [6.45, 7) is 2.29. The molecule has 6 nitrogen and oxygen atoms in total. The molecule has 2 aromatic rings. The lowest BCUT2D eigenvalue weighted by Gasteiger charge is -2.36. The predicted octanol–water partition coefficient (Wildman–Crippen LogP) is 2.57. The molecule has 1 aliphatic heterocycles. The van der Waals surface area contributed by atoms with Crippen LogP contribution in [0.4, 0.5) is 10.1 Å². The average molecular weight is 406 g/mol. The highest BCUT2D eigenvalue weighted by Gasteiger charge is 2.22. The van der Waals surface area contributed by atoms with Gasteiger partial charge in [-0.3, -0.25) is 9.59 Å². The molecule has 0 saturated carbocycles. The fourth-order valence-corrected chi connectivity index (χ4v) is 3.29. The zero-order chi connectivity index (χ0) is 20.1. The molecule has 3 rings (SSSR count). The van der Waals surface area contributed by atoms with Crippen LogP contribution in [-0.4, -0.2) is 56.5 Å². The molecule has 0 atom stereocenters. The second-order valence-electron chi connectivity index (χ2n) is 6.37. The van der Waals surface area contributed by atoms with E-state index in [0.29, 0.717) is 31.2 Å². The molecule has 0 spiro atoms. The SMILES string of the molecule is COc1ccc(F)cc1C(=O)NCC(=O)N1CCN(c2cccc(Cl)c2)CC1. The van der Waals surface area contributed by atoms with Gasteiger partial charge in [0.05, 0.1) is 19.2 Å². The van der Waals surface area contributed by atoms with Gasteiger partial charge in [0.2, 0.25) is 5.91 Å². The van der Waals surface area contributed by atoms with Crippen molar-refractivity contribution in [1.29, 1.82) is 0 Å². The third kappa shape index (κ3) is 4.72. The molecule has 148 valence electrons. The minimum Gasteiger partial charge on any atom is -0.496 e. The highest BCUT2D eigenvalue weighted by molar-refractivity contribution is 6.30. The summed E-state index contributed by atoms with van der Waals surface area (Å²) < 4.78 is 18.5. The van der Waals surface area contributed by atoms with Gasteiger partial charge in [-0.2, -0.15) is 0 Å². The molecule has 0 aromatic heterocycles. The molecule has 1 fully saturated rings. The van der Waals surface area contributed by atoms with Crippen LogP contribution in [-0.2, 0) is 4.79 Å². The Bertz CT molecular complexity index is 870. The lowest BCUT2D eigenvalue weighted by Crippen LogP contribution is -2.51. The Labute approximate surface area is 167 Å². The van der Waals surface area contributed by atoms with Gasteiger partial charge in [0, 0.05) is 36.9 Å². The summed E-state index contributed by atoms with van der Waals surface area (Å²) in [5.74, 6) is -1.03. The van der Waals surface area contributed by atoms with E-state index in [2.05, 4.69) is 10.2 Å². The van der Waals surface area contributed by atoms with Crippen molar-refractivity contribution in [3.05, 3.63) is 58.9 Å². The molecule has 0 aliphatic carbocycles. The molecule has 2 amide bonds. The lowest BCUT2D eigenvalue weighted by molar-refractivity contribution is -0.130. The van der Waals surface area contributed by atoms with E-state index >= 15 is 0 Å². The second kappa shape index (κ2) is 8.93. The lowest BCUT2D eigenvalue weighted by atomic mass is 10.2. The Hall–Kier alpha value is -2.80. The van der Waals surface area contributed by atoms with Crippen LogP contribution < -0.4 is 15.0 Å². The summed E-state index contributed by atoms with van der Waals surface area (Å²) in [6, 6.07) is 11.3. The van der Waals surface area contributed by atoms with Crippen LogP contribution in [0, 0.1) is 5.82 Å². The number of hydrogen-bond acceptors (Lipinski definition) is 4. The number of benzene rings is 2. The number of halogens is 2. The van der Waals surface area contributed by atoms with E-state index < -0.39 is 11.7 Å².